The summed E-state index contributed by atoms with van der Waals surface area (Å²) >= 11 is 5.95. The highest BCUT2D eigenvalue weighted by atomic mass is 35.5. The normalized spacial score (nSPS) is 24.6. The number of carbonyl (C=O) groups excluding carboxylic acids is 1. The van der Waals surface area contributed by atoms with E-state index in [0.717, 1.165) is 37.2 Å². The third-order valence-electron chi connectivity index (χ3n) is 7.58. The minimum Gasteiger partial charge on any atom is -0.341 e. The molecular formula is C27H38ClFN4O. The number of benzene rings is 1. The van der Waals surface area contributed by atoms with Gasteiger partial charge in [-0.2, -0.15) is 5.10 Å². The van der Waals surface area contributed by atoms with Gasteiger partial charge in [0.05, 0.1) is 22.3 Å². The van der Waals surface area contributed by atoms with Crippen LogP contribution in [0.4, 0.5) is 4.39 Å². The molecule has 186 valence electrons. The molecule has 3 heterocycles. The summed E-state index contributed by atoms with van der Waals surface area (Å²) in [7, 11) is 0. The van der Waals surface area contributed by atoms with Crippen molar-refractivity contribution in [1.82, 2.24) is 20.0 Å². The van der Waals surface area contributed by atoms with Crippen LogP contribution >= 0.6 is 11.6 Å². The topological polar surface area (TPSA) is 50.2 Å². The van der Waals surface area contributed by atoms with Gasteiger partial charge >= 0.3 is 0 Å². The van der Waals surface area contributed by atoms with Gasteiger partial charge in [-0.1, -0.05) is 38.4 Å². The maximum atomic E-state index is 14.3. The Hall–Kier alpha value is -1.92. The molecule has 2 aliphatic rings. The molecule has 1 amide bonds. The van der Waals surface area contributed by atoms with Crippen LogP contribution < -0.4 is 5.32 Å². The van der Waals surface area contributed by atoms with Gasteiger partial charge in [0.2, 0.25) is 5.91 Å². The maximum absolute atomic E-state index is 14.3. The van der Waals surface area contributed by atoms with Crippen LogP contribution in [0.3, 0.4) is 0 Å². The van der Waals surface area contributed by atoms with Crippen LogP contribution in [0.15, 0.2) is 30.5 Å². The van der Waals surface area contributed by atoms with Gasteiger partial charge in [0.25, 0.3) is 0 Å². The lowest BCUT2D eigenvalue weighted by atomic mass is 9.75. The second-order valence-corrected chi connectivity index (χ2v) is 12.4. The third-order valence-corrected chi connectivity index (χ3v) is 7.89. The number of halogens is 2. The summed E-state index contributed by atoms with van der Waals surface area (Å²) in [6.07, 6.45) is 4.69. The van der Waals surface area contributed by atoms with Crippen LogP contribution in [0.5, 0.6) is 0 Å². The van der Waals surface area contributed by atoms with Gasteiger partial charge in [0, 0.05) is 31.2 Å². The van der Waals surface area contributed by atoms with Crippen molar-refractivity contribution in [2.24, 2.45) is 11.3 Å². The summed E-state index contributed by atoms with van der Waals surface area (Å²) in [6, 6.07) is 6.41. The zero-order chi connectivity index (χ0) is 24.8. The highest BCUT2D eigenvalue weighted by Crippen LogP contribution is 2.42. The molecule has 4 rings (SSSR count). The lowest BCUT2D eigenvalue weighted by Crippen LogP contribution is -2.48. The van der Waals surface area contributed by atoms with Crippen LogP contribution in [-0.2, 0) is 10.3 Å². The van der Waals surface area contributed by atoms with E-state index in [1.807, 2.05) is 27.9 Å². The molecule has 1 aromatic carbocycles. The average molecular weight is 489 g/mol. The van der Waals surface area contributed by atoms with E-state index in [-0.39, 0.29) is 39.9 Å². The van der Waals surface area contributed by atoms with Crippen molar-refractivity contribution in [3.05, 3.63) is 52.6 Å². The monoisotopic (exact) mass is 488 g/mol. The number of likely N-dealkylation sites (tertiary alicyclic amines) is 1. The number of nitrogens with one attached hydrogen (secondary N) is 1. The molecule has 2 aromatic rings. The molecule has 34 heavy (non-hydrogen) atoms. The fourth-order valence-corrected chi connectivity index (χ4v) is 5.50. The third kappa shape index (κ3) is 5.18. The molecule has 2 aliphatic heterocycles. The Morgan fingerprint density at radius 3 is 2.35 bits per heavy atom. The minimum atomic E-state index is -0.445. The number of rotatable bonds is 3. The van der Waals surface area contributed by atoms with Gasteiger partial charge in [-0.15, -0.1) is 0 Å². The van der Waals surface area contributed by atoms with Gasteiger partial charge in [-0.3, -0.25) is 14.8 Å². The number of piperidine rings is 1. The predicted molar refractivity (Wildman–Crippen MR) is 134 cm³/mol. The molecule has 2 fully saturated rings. The highest BCUT2D eigenvalue weighted by Gasteiger charge is 2.42. The van der Waals surface area contributed by atoms with Gasteiger partial charge in [0.1, 0.15) is 5.82 Å². The van der Waals surface area contributed by atoms with Crippen molar-refractivity contribution in [2.45, 2.75) is 84.3 Å². The van der Waals surface area contributed by atoms with E-state index in [2.05, 4.69) is 46.9 Å². The number of amides is 1. The molecule has 0 radical (unpaired) electrons. The van der Waals surface area contributed by atoms with Crippen LogP contribution in [0, 0.1) is 17.2 Å². The lowest BCUT2D eigenvalue weighted by molar-refractivity contribution is -0.135. The van der Waals surface area contributed by atoms with Gasteiger partial charge in [0.15, 0.2) is 0 Å². The molecule has 3 atom stereocenters. The minimum absolute atomic E-state index is 0.0368. The summed E-state index contributed by atoms with van der Waals surface area (Å²) in [4.78, 5) is 15.5. The summed E-state index contributed by atoms with van der Waals surface area (Å²) < 4.78 is 16.3. The van der Waals surface area contributed by atoms with Crippen LogP contribution in [0.2, 0.25) is 5.02 Å². The largest absolute Gasteiger partial charge is 0.341 e. The number of aromatic nitrogens is 2. The van der Waals surface area contributed by atoms with Gasteiger partial charge in [-0.25, -0.2) is 4.39 Å². The van der Waals surface area contributed by atoms with E-state index in [1.165, 1.54) is 6.07 Å². The number of hydrogen-bond acceptors (Lipinski definition) is 3. The van der Waals surface area contributed by atoms with E-state index in [9.17, 15) is 9.18 Å². The van der Waals surface area contributed by atoms with E-state index < -0.39 is 5.82 Å². The van der Waals surface area contributed by atoms with Gasteiger partial charge in [-0.05, 0) is 75.1 Å². The number of nitrogens with zero attached hydrogens (tertiary/aromatic N) is 3. The Balaban J connectivity index is 1.57. The molecule has 0 unspecified atom stereocenters. The van der Waals surface area contributed by atoms with Crippen molar-refractivity contribution in [2.75, 3.05) is 13.1 Å². The molecule has 0 spiro atoms. The first-order valence-electron chi connectivity index (χ1n) is 12.4. The van der Waals surface area contributed by atoms with Crippen molar-refractivity contribution in [3.8, 4) is 0 Å². The molecule has 0 bridgehead atoms. The summed E-state index contributed by atoms with van der Waals surface area (Å²) in [5.41, 5.74) is 1.84. The fourth-order valence-electron chi connectivity index (χ4n) is 5.38. The van der Waals surface area contributed by atoms with Crippen molar-refractivity contribution in [3.63, 3.8) is 0 Å². The van der Waals surface area contributed by atoms with Crippen molar-refractivity contribution < 1.29 is 9.18 Å². The second-order valence-electron chi connectivity index (χ2n) is 12.0. The SMILES string of the molecule is CC(C)(C)C1CCN(C(=O)[C@@H]2C[C@@H](c3ccn(C(C)(C)C)n3)[C@H](c3ccc(Cl)c(F)c3)N2)CC1. The Morgan fingerprint density at radius 1 is 1.12 bits per heavy atom. The summed E-state index contributed by atoms with van der Waals surface area (Å²) in [5.74, 6) is 0.292. The van der Waals surface area contributed by atoms with Crippen LogP contribution in [0.25, 0.3) is 0 Å². The van der Waals surface area contributed by atoms with E-state index in [0.29, 0.717) is 12.3 Å². The van der Waals surface area contributed by atoms with Crippen molar-refractivity contribution >= 4 is 17.5 Å². The smallest absolute Gasteiger partial charge is 0.239 e. The second kappa shape index (κ2) is 9.27. The number of hydrogen-bond donors (Lipinski definition) is 1. The van der Waals surface area contributed by atoms with Crippen LogP contribution in [-0.4, -0.2) is 39.7 Å². The Morgan fingerprint density at radius 2 is 1.79 bits per heavy atom. The molecule has 5 nitrogen and oxygen atoms in total. The highest BCUT2D eigenvalue weighted by molar-refractivity contribution is 6.30. The quantitative estimate of drug-likeness (QED) is 0.585. The number of carbonyl (C=O) groups is 1. The zero-order valence-corrected chi connectivity index (χ0v) is 22.0. The first-order valence-corrected chi connectivity index (χ1v) is 12.8. The fraction of sp³-hybridized carbons (Fsp3) is 0.630. The zero-order valence-electron chi connectivity index (χ0n) is 21.2. The van der Waals surface area contributed by atoms with Crippen molar-refractivity contribution in [1.29, 1.82) is 0 Å². The Kier molecular flexibility index (Phi) is 6.87. The molecular weight excluding hydrogens is 451 g/mol. The standard InChI is InChI=1S/C27H38ClFN4O/c1-26(2,3)18-9-12-32(13-10-18)25(34)23-16-19(22-11-14-33(31-22)27(4,5)6)24(30-23)17-7-8-20(28)21(29)15-17/h7-8,11,14-15,18-19,23-24,30H,9-10,12-13,16H2,1-6H3/t19-,23-,24-/m0/s1. The van der Waals surface area contributed by atoms with E-state index >= 15 is 0 Å². The van der Waals surface area contributed by atoms with Gasteiger partial charge < -0.3 is 4.90 Å². The first-order chi connectivity index (χ1) is 15.8. The van der Waals surface area contributed by atoms with E-state index in [4.69, 9.17) is 16.7 Å². The maximum Gasteiger partial charge on any atom is 0.239 e. The summed E-state index contributed by atoms with van der Waals surface area (Å²) in [6.45, 7) is 14.8. The van der Waals surface area contributed by atoms with Crippen LogP contribution in [0.1, 0.15) is 84.0 Å². The molecule has 2 saturated heterocycles. The van der Waals surface area contributed by atoms with E-state index in [1.54, 1.807) is 6.07 Å². The predicted octanol–water partition coefficient (Wildman–Crippen LogP) is 5.90. The summed E-state index contributed by atoms with van der Waals surface area (Å²) in [5, 5.41) is 8.49. The lowest BCUT2D eigenvalue weighted by Gasteiger charge is -2.39. The first kappa shape index (κ1) is 25.2. The Labute approximate surface area is 208 Å². The molecule has 1 N–H and O–H groups in total. The molecule has 0 saturated carbocycles. The molecule has 7 heteroatoms. The average Bonchev–Trinajstić information content (AvgIpc) is 3.42. The Bertz CT molecular complexity index is 1030. The molecule has 1 aromatic heterocycles. The molecule has 0 aliphatic carbocycles.